The molecule has 1 heterocycles. The van der Waals surface area contributed by atoms with Gasteiger partial charge in [-0.2, -0.15) is 11.8 Å². The average Bonchev–Trinajstić information content (AvgIpc) is 2.17. The Kier molecular flexibility index (Phi) is 2.60. The van der Waals surface area contributed by atoms with E-state index in [-0.39, 0.29) is 6.61 Å². The van der Waals surface area contributed by atoms with Crippen LogP contribution in [0.5, 0.6) is 0 Å². The van der Waals surface area contributed by atoms with Crippen LogP contribution in [0.15, 0.2) is 0 Å². The van der Waals surface area contributed by atoms with Crippen LogP contribution in [0, 0.1) is 0 Å². The molecule has 2 N–H and O–H groups in total. The van der Waals surface area contributed by atoms with Gasteiger partial charge in [0, 0.05) is 5.15 Å². The molecule has 0 bridgehead atoms. The van der Waals surface area contributed by atoms with Crippen molar-refractivity contribution in [2.45, 2.75) is 22.7 Å². The first-order valence-electron chi connectivity index (χ1n) is 3.01. The van der Waals surface area contributed by atoms with Crippen molar-refractivity contribution in [2.24, 2.45) is 0 Å². The lowest BCUT2D eigenvalue weighted by Crippen LogP contribution is -2.30. The van der Waals surface area contributed by atoms with Gasteiger partial charge >= 0.3 is 0 Å². The van der Waals surface area contributed by atoms with E-state index in [0.717, 1.165) is 11.8 Å². The number of halogens is 1. The fourth-order valence-electron chi connectivity index (χ4n) is 0.908. The summed E-state index contributed by atoms with van der Waals surface area (Å²) in [5, 5.41) is 16.4. The lowest BCUT2D eigenvalue weighted by Gasteiger charge is -2.10. The summed E-state index contributed by atoms with van der Waals surface area (Å²) in [4.78, 5) is 0. The summed E-state index contributed by atoms with van der Waals surface area (Å²) in [6.45, 7) is -0.222. The van der Waals surface area contributed by atoms with Crippen molar-refractivity contribution in [2.75, 3.05) is 6.61 Å². The zero-order valence-electron chi connectivity index (χ0n) is 5.27. The zero-order valence-corrected chi connectivity index (χ0v) is 6.09. The minimum absolute atomic E-state index is 0.222. The summed E-state index contributed by atoms with van der Waals surface area (Å²) in [5.41, 5.74) is 0. The molecule has 1 aliphatic rings. The standard InChI is InChI=1S/C5H8BFO2S/c6-5-3(7)4(9)2(1-8)10-5/h2-5,8-9H,1H2/t2-,3-,4-,5?/m1/s1. The minimum atomic E-state index is -1.40. The number of alkyl halides is 1. The monoisotopic (exact) mass is 162 g/mol. The molecule has 1 rings (SSSR count). The van der Waals surface area contributed by atoms with Crippen molar-refractivity contribution in [3.63, 3.8) is 0 Å². The molecule has 4 atom stereocenters. The highest BCUT2D eigenvalue weighted by Gasteiger charge is 2.40. The maximum absolute atomic E-state index is 12.6. The molecular weight excluding hydrogens is 154 g/mol. The number of rotatable bonds is 1. The quantitative estimate of drug-likeness (QED) is 0.500. The Labute approximate surface area is 64.2 Å². The second-order valence-electron chi connectivity index (χ2n) is 2.26. The maximum Gasteiger partial charge on any atom is 0.131 e. The van der Waals surface area contributed by atoms with Crippen LogP contribution < -0.4 is 0 Å². The van der Waals surface area contributed by atoms with Crippen molar-refractivity contribution >= 4 is 19.6 Å². The van der Waals surface area contributed by atoms with E-state index in [0.29, 0.717) is 0 Å². The van der Waals surface area contributed by atoms with Crippen LogP contribution in [0.25, 0.3) is 0 Å². The van der Waals surface area contributed by atoms with Gasteiger partial charge in [0.15, 0.2) is 0 Å². The zero-order chi connectivity index (χ0) is 7.72. The van der Waals surface area contributed by atoms with Gasteiger partial charge in [-0.3, -0.25) is 0 Å². The number of aliphatic hydroxyl groups is 2. The lowest BCUT2D eigenvalue weighted by molar-refractivity contribution is 0.0783. The molecule has 0 aromatic heterocycles. The maximum atomic E-state index is 12.6. The number of thioether (sulfide) groups is 1. The Morgan fingerprint density at radius 2 is 2.20 bits per heavy atom. The van der Waals surface area contributed by atoms with Gasteiger partial charge in [0.05, 0.1) is 25.8 Å². The molecule has 1 unspecified atom stereocenters. The summed E-state index contributed by atoms with van der Waals surface area (Å²) < 4.78 is 12.6. The Bertz CT molecular complexity index is 126. The highest BCUT2D eigenvalue weighted by atomic mass is 32.2. The number of hydrogen-bond acceptors (Lipinski definition) is 3. The Morgan fingerprint density at radius 3 is 2.40 bits per heavy atom. The highest BCUT2D eigenvalue weighted by molar-refractivity contribution is 8.02. The fourth-order valence-corrected chi connectivity index (χ4v) is 2.02. The van der Waals surface area contributed by atoms with Crippen LogP contribution in [0.1, 0.15) is 0 Å². The molecule has 1 aliphatic heterocycles. The molecule has 0 amide bonds. The van der Waals surface area contributed by atoms with Crippen LogP contribution in [-0.2, 0) is 0 Å². The van der Waals surface area contributed by atoms with Crippen molar-refractivity contribution in [1.82, 2.24) is 0 Å². The van der Waals surface area contributed by atoms with Gasteiger partial charge in [-0.1, -0.05) is 0 Å². The van der Waals surface area contributed by atoms with E-state index in [9.17, 15) is 4.39 Å². The summed E-state index contributed by atoms with van der Waals surface area (Å²) in [7, 11) is 5.25. The molecule has 0 aromatic rings. The third kappa shape index (κ3) is 1.31. The SMILES string of the molecule is [B]C1S[C@H](CO)[C@@H](O)[C@H]1F. The van der Waals surface area contributed by atoms with E-state index in [1.54, 1.807) is 0 Å². The van der Waals surface area contributed by atoms with Gasteiger partial charge in [-0.05, 0) is 0 Å². The highest BCUT2D eigenvalue weighted by Crippen LogP contribution is 2.33. The molecule has 0 spiro atoms. The molecule has 2 nitrogen and oxygen atoms in total. The molecule has 0 aliphatic carbocycles. The van der Waals surface area contributed by atoms with E-state index < -0.39 is 22.7 Å². The fraction of sp³-hybridized carbons (Fsp3) is 1.00. The van der Waals surface area contributed by atoms with E-state index >= 15 is 0 Å². The van der Waals surface area contributed by atoms with Crippen LogP contribution >= 0.6 is 11.8 Å². The Balaban J connectivity index is 2.53. The third-order valence-electron chi connectivity index (χ3n) is 1.53. The van der Waals surface area contributed by atoms with E-state index in [4.69, 9.17) is 18.1 Å². The Hall–Kier alpha value is 0.265. The predicted octanol–water partition coefficient (Wildman–Crippen LogP) is -0.712. The second-order valence-corrected chi connectivity index (χ2v) is 3.68. The first-order valence-corrected chi connectivity index (χ1v) is 3.95. The third-order valence-corrected chi connectivity index (χ3v) is 2.88. The van der Waals surface area contributed by atoms with Crippen molar-refractivity contribution in [1.29, 1.82) is 0 Å². The molecule has 1 fully saturated rings. The van der Waals surface area contributed by atoms with E-state index in [1.807, 2.05) is 0 Å². The molecule has 56 valence electrons. The average molecular weight is 162 g/mol. The van der Waals surface area contributed by atoms with Crippen LogP contribution in [0.2, 0.25) is 0 Å². The lowest BCUT2D eigenvalue weighted by atomic mass is 9.95. The van der Waals surface area contributed by atoms with Crippen LogP contribution in [-0.4, -0.2) is 47.3 Å². The smallest absolute Gasteiger partial charge is 0.131 e. The first kappa shape index (κ1) is 8.36. The molecule has 0 saturated carbocycles. The second kappa shape index (κ2) is 3.11. The molecular formula is C5H8BFO2S. The first-order chi connectivity index (χ1) is 4.66. The van der Waals surface area contributed by atoms with Crippen molar-refractivity contribution < 1.29 is 14.6 Å². The van der Waals surface area contributed by atoms with Gasteiger partial charge in [-0.25, -0.2) is 4.39 Å². The van der Waals surface area contributed by atoms with Crippen LogP contribution in [0.3, 0.4) is 0 Å². The molecule has 2 radical (unpaired) electrons. The van der Waals surface area contributed by atoms with Crippen molar-refractivity contribution in [3.8, 4) is 0 Å². The van der Waals surface area contributed by atoms with Gasteiger partial charge < -0.3 is 10.2 Å². The summed E-state index contributed by atoms with van der Waals surface area (Å²) in [6.07, 6.45) is -2.51. The van der Waals surface area contributed by atoms with E-state index in [1.165, 1.54) is 0 Å². The van der Waals surface area contributed by atoms with E-state index in [2.05, 4.69) is 0 Å². The summed E-state index contributed by atoms with van der Waals surface area (Å²) in [5.74, 6) is 0. The topological polar surface area (TPSA) is 40.5 Å². The number of aliphatic hydroxyl groups excluding tert-OH is 2. The molecule has 0 aromatic carbocycles. The van der Waals surface area contributed by atoms with Gasteiger partial charge in [0.2, 0.25) is 0 Å². The Morgan fingerprint density at radius 1 is 1.60 bits per heavy atom. The summed E-state index contributed by atoms with van der Waals surface area (Å²) >= 11 is 1.08. The minimum Gasteiger partial charge on any atom is -0.395 e. The number of hydrogen-bond donors (Lipinski definition) is 2. The summed E-state index contributed by atoms with van der Waals surface area (Å²) in [6, 6.07) is 0. The van der Waals surface area contributed by atoms with Gasteiger partial charge in [-0.15, -0.1) is 0 Å². The normalized spacial score (nSPS) is 47.9. The van der Waals surface area contributed by atoms with Gasteiger partial charge in [0.25, 0.3) is 0 Å². The molecule has 1 saturated heterocycles. The molecule has 5 heteroatoms. The van der Waals surface area contributed by atoms with Gasteiger partial charge in [0.1, 0.15) is 6.17 Å². The van der Waals surface area contributed by atoms with Crippen molar-refractivity contribution in [3.05, 3.63) is 0 Å². The largest absolute Gasteiger partial charge is 0.395 e. The predicted molar refractivity (Wildman–Crippen MR) is 38.9 cm³/mol. The van der Waals surface area contributed by atoms with Crippen LogP contribution in [0.4, 0.5) is 4.39 Å². The molecule has 10 heavy (non-hydrogen) atoms.